The van der Waals surface area contributed by atoms with Crippen molar-refractivity contribution in [1.29, 1.82) is 0 Å². The topological polar surface area (TPSA) is 0 Å². The molecule has 0 N–H and O–H groups in total. The molecular weight excluding hydrogens is 584 g/mol. The van der Waals surface area contributed by atoms with Crippen molar-refractivity contribution in [3.63, 3.8) is 0 Å². The molecule has 2 aromatic carbocycles. The fourth-order valence-corrected chi connectivity index (χ4v) is 8.61. The van der Waals surface area contributed by atoms with Crippen LogP contribution in [0, 0.1) is 24.0 Å². The molecule has 5 aliphatic rings. The van der Waals surface area contributed by atoms with Crippen molar-refractivity contribution in [3.05, 3.63) is 93.1 Å². The van der Waals surface area contributed by atoms with Crippen LogP contribution in [0.3, 0.4) is 0 Å². The molecule has 0 amide bonds. The molecule has 0 aromatic heterocycles. The van der Waals surface area contributed by atoms with Gasteiger partial charge in [-0.25, -0.2) is 11.1 Å². The molecule has 5 aliphatic carbocycles. The number of hydrogen-bond acceptors (Lipinski definition) is 0. The third-order valence-electron chi connectivity index (χ3n) is 9.82. The van der Waals surface area contributed by atoms with Crippen LogP contribution in [0.25, 0.3) is 22.3 Å². The predicted octanol–water partition coefficient (Wildman–Crippen LogP) is 11.1. The van der Waals surface area contributed by atoms with Crippen LogP contribution in [0.15, 0.2) is 47.6 Å². The maximum absolute atomic E-state index is 3.65. The number of benzene rings is 2. The summed E-state index contributed by atoms with van der Waals surface area (Å²) in [6.07, 6.45) is 20.1. The molecule has 218 valence electrons. The summed E-state index contributed by atoms with van der Waals surface area (Å²) in [6, 6.07) is 9.81. The summed E-state index contributed by atoms with van der Waals surface area (Å²) in [5.74, 6) is 1.20. The van der Waals surface area contributed by atoms with Crippen molar-refractivity contribution in [3.8, 4) is 11.1 Å². The Labute approximate surface area is 271 Å². The van der Waals surface area contributed by atoms with Gasteiger partial charge in [-0.3, -0.25) is 12.2 Å². The zero-order chi connectivity index (χ0) is 30.6. The molecular formula is C41H50Zr. The van der Waals surface area contributed by atoms with Crippen molar-refractivity contribution < 1.29 is 24.2 Å². The van der Waals surface area contributed by atoms with E-state index < -0.39 is 0 Å². The fourth-order valence-electron chi connectivity index (χ4n) is 7.74. The van der Waals surface area contributed by atoms with Crippen LogP contribution in [0.4, 0.5) is 0 Å². The van der Waals surface area contributed by atoms with Gasteiger partial charge in [0.1, 0.15) is 0 Å². The zero-order valence-corrected chi connectivity index (χ0v) is 30.3. The Morgan fingerprint density at radius 3 is 1.88 bits per heavy atom. The molecule has 0 heterocycles. The summed E-state index contributed by atoms with van der Waals surface area (Å²) in [7, 11) is 0. The first-order chi connectivity index (χ1) is 19.7. The van der Waals surface area contributed by atoms with Gasteiger partial charge in [-0.1, -0.05) is 97.8 Å². The van der Waals surface area contributed by atoms with Gasteiger partial charge in [-0.05, 0) is 58.4 Å². The van der Waals surface area contributed by atoms with Crippen LogP contribution in [-0.4, -0.2) is 3.21 Å². The van der Waals surface area contributed by atoms with E-state index in [1.54, 1.807) is 27.4 Å². The Kier molecular flexibility index (Phi) is 8.96. The summed E-state index contributed by atoms with van der Waals surface area (Å²) < 4.78 is 1.80. The molecule has 1 unspecified atom stereocenters. The van der Waals surface area contributed by atoms with Gasteiger partial charge >= 0.3 is 59.5 Å². The number of hydrogen-bond donors (Lipinski definition) is 0. The second kappa shape index (κ2) is 11.9. The summed E-state index contributed by atoms with van der Waals surface area (Å²) >= 11 is 1.69. The van der Waals surface area contributed by atoms with E-state index in [2.05, 4.69) is 118 Å². The van der Waals surface area contributed by atoms with Crippen LogP contribution in [0.1, 0.15) is 135 Å². The number of fused-ring (bicyclic) bond motifs is 5. The summed E-state index contributed by atoms with van der Waals surface area (Å²) in [4.78, 5) is 0. The van der Waals surface area contributed by atoms with Crippen molar-refractivity contribution >= 4 is 14.4 Å². The van der Waals surface area contributed by atoms with Crippen molar-refractivity contribution in [1.82, 2.24) is 0 Å². The Morgan fingerprint density at radius 2 is 1.38 bits per heavy atom. The standard InChI is InChI=1S/C25H25.C10H15.C6H10.Zr/c1-14-12-24(3,4)22-8-16-7-17-9-23-19(15(2)13-25(23,5)6)11-21(17)20(16)10-18(14)22;1-7(2)10-6-8(3)5-9(10)4;1-2-4-6-5-3-1;/h8-12H,7H2,1-6H3;6-8H,1-4H3;1-5H2;/q2*-1;;+2. The molecule has 0 spiro atoms. The first-order valence-electron chi connectivity index (χ1n) is 16.2. The van der Waals surface area contributed by atoms with Crippen LogP contribution >= 0.6 is 0 Å². The van der Waals surface area contributed by atoms with Crippen molar-refractivity contribution in [2.24, 2.45) is 11.8 Å². The Morgan fingerprint density at radius 1 is 0.786 bits per heavy atom. The molecule has 0 nitrogen and oxygen atoms in total. The van der Waals surface area contributed by atoms with Crippen molar-refractivity contribution in [2.75, 3.05) is 0 Å². The molecule has 0 radical (unpaired) electrons. The van der Waals surface area contributed by atoms with Crippen LogP contribution in [0.5, 0.6) is 0 Å². The first-order valence-corrected chi connectivity index (χ1v) is 17.5. The average Bonchev–Trinajstić information content (AvgIpc) is 3.57. The van der Waals surface area contributed by atoms with Crippen LogP contribution in [-0.2, 0) is 41.5 Å². The number of rotatable bonds is 1. The maximum atomic E-state index is 3.65. The summed E-state index contributed by atoms with van der Waals surface area (Å²) in [5.41, 5.74) is 17.4. The van der Waals surface area contributed by atoms with Gasteiger partial charge in [0.15, 0.2) is 0 Å². The van der Waals surface area contributed by atoms with E-state index in [-0.39, 0.29) is 10.8 Å². The molecule has 1 fully saturated rings. The van der Waals surface area contributed by atoms with Crippen molar-refractivity contribution in [2.45, 2.75) is 119 Å². The normalized spacial score (nSPS) is 22.0. The quantitative estimate of drug-likeness (QED) is 0.234. The predicted molar refractivity (Wildman–Crippen MR) is 179 cm³/mol. The SMILES string of the molecule is CC1=[C-]C(C)(C)c2cc3c(cc21)-c1cc2c(cc1C3)C(C)(C)C=C2C.CC1=[C-]C(C)C=C1C(C)C.[Zr+2]=[C]1CCCCC1. The third kappa shape index (κ3) is 6.20. The van der Waals surface area contributed by atoms with E-state index in [4.69, 9.17) is 0 Å². The van der Waals surface area contributed by atoms with Gasteiger partial charge in [-0.2, -0.15) is 17.2 Å². The van der Waals surface area contributed by atoms with Gasteiger partial charge in [0.25, 0.3) is 0 Å². The first kappa shape index (κ1) is 31.6. The Bertz CT molecular complexity index is 1450. The van der Waals surface area contributed by atoms with Gasteiger partial charge in [0, 0.05) is 5.41 Å². The molecule has 42 heavy (non-hydrogen) atoms. The molecule has 7 rings (SSSR count). The minimum atomic E-state index is 0.0340. The van der Waals surface area contributed by atoms with Gasteiger partial charge in [0.05, 0.1) is 0 Å². The zero-order valence-electron chi connectivity index (χ0n) is 27.9. The monoisotopic (exact) mass is 632 g/mol. The molecule has 0 saturated heterocycles. The molecule has 1 heteroatoms. The molecule has 2 aromatic rings. The van der Waals surface area contributed by atoms with E-state index >= 15 is 0 Å². The molecule has 1 atom stereocenters. The fraction of sp³-hybridized carbons (Fsp3) is 0.488. The van der Waals surface area contributed by atoms with Gasteiger partial charge in [-0.15, -0.1) is 11.6 Å². The van der Waals surface area contributed by atoms with Gasteiger partial charge < -0.3 is 0 Å². The second-order valence-electron chi connectivity index (χ2n) is 14.7. The van der Waals surface area contributed by atoms with E-state index in [0.29, 0.717) is 11.8 Å². The summed E-state index contributed by atoms with van der Waals surface area (Å²) in [5, 5.41) is 0. The van der Waals surface area contributed by atoms with Gasteiger partial charge in [0.2, 0.25) is 0 Å². The molecule has 0 bridgehead atoms. The average molecular weight is 634 g/mol. The minimum absolute atomic E-state index is 0.0340. The Hall–Kier alpha value is -1.85. The van der Waals surface area contributed by atoms with Crippen LogP contribution < -0.4 is 0 Å². The van der Waals surface area contributed by atoms with E-state index in [0.717, 1.165) is 6.42 Å². The number of allylic oxidation sites excluding steroid dienone is 8. The second-order valence-corrected chi connectivity index (χ2v) is 16.4. The third-order valence-corrected chi connectivity index (χ3v) is 11.0. The van der Waals surface area contributed by atoms with E-state index in [9.17, 15) is 0 Å². The van der Waals surface area contributed by atoms with E-state index in [1.807, 2.05) is 0 Å². The molecule has 1 saturated carbocycles. The van der Waals surface area contributed by atoms with E-state index in [1.165, 1.54) is 98.9 Å². The summed E-state index contributed by atoms with van der Waals surface area (Å²) in [6.45, 7) is 22.5. The Balaban J connectivity index is 0.000000170. The van der Waals surface area contributed by atoms with Crippen LogP contribution in [0.2, 0.25) is 0 Å². The molecule has 0 aliphatic heterocycles.